The number of rotatable bonds is 8. The molecule has 0 spiro atoms. The van der Waals surface area contributed by atoms with Crippen molar-refractivity contribution in [3.63, 3.8) is 0 Å². The van der Waals surface area contributed by atoms with Crippen molar-refractivity contribution in [2.45, 2.75) is 32.5 Å². The number of hydrogen-bond acceptors (Lipinski definition) is 3. The van der Waals surface area contributed by atoms with Gasteiger partial charge in [-0.1, -0.05) is 6.07 Å². The smallest absolute Gasteiger partial charge is 0.422 e. The third-order valence-corrected chi connectivity index (χ3v) is 3.64. The van der Waals surface area contributed by atoms with Gasteiger partial charge in [-0.15, -0.1) is 24.0 Å². The van der Waals surface area contributed by atoms with Crippen molar-refractivity contribution in [1.29, 1.82) is 0 Å². The molecule has 148 valence electrons. The summed E-state index contributed by atoms with van der Waals surface area (Å²) in [7, 11) is 1.39. The Labute approximate surface area is 168 Å². The molecular formula is C17H25F3IN3O2. The van der Waals surface area contributed by atoms with Crippen LogP contribution in [0.2, 0.25) is 0 Å². The van der Waals surface area contributed by atoms with Crippen LogP contribution in [-0.4, -0.2) is 38.9 Å². The van der Waals surface area contributed by atoms with Crippen LogP contribution in [-0.2, 0) is 6.54 Å². The van der Waals surface area contributed by atoms with Gasteiger partial charge in [0, 0.05) is 13.1 Å². The van der Waals surface area contributed by atoms with Gasteiger partial charge in [0.15, 0.2) is 24.1 Å². The molecule has 0 amide bonds. The Balaban J connectivity index is 0.00000338. The van der Waals surface area contributed by atoms with E-state index in [0.717, 1.165) is 30.5 Å². The summed E-state index contributed by atoms with van der Waals surface area (Å²) in [6.07, 6.45) is -1.88. The quantitative estimate of drug-likeness (QED) is 0.334. The largest absolute Gasteiger partial charge is 0.493 e. The molecule has 0 aromatic heterocycles. The highest BCUT2D eigenvalue weighted by molar-refractivity contribution is 14.0. The molecular weight excluding hydrogens is 462 g/mol. The summed E-state index contributed by atoms with van der Waals surface area (Å²) in [5.41, 5.74) is 0.819. The van der Waals surface area contributed by atoms with Gasteiger partial charge in [-0.05, 0) is 43.4 Å². The lowest BCUT2D eigenvalue weighted by Crippen LogP contribution is -2.38. The first kappa shape index (κ1) is 22.7. The van der Waals surface area contributed by atoms with E-state index >= 15 is 0 Å². The van der Waals surface area contributed by atoms with Gasteiger partial charge >= 0.3 is 6.18 Å². The first-order valence-corrected chi connectivity index (χ1v) is 8.30. The number of nitrogens with one attached hydrogen (secondary N) is 2. The average Bonchev–Trinajstić information content (AvgIpc) is 3.39. The van der Waals surface area contributed by atoms with Gasteiger partial charge < -0.3 is 20.1 Å². The van der Waals surface area contributed by atoms with E-state index in [9.17, 15) is 13.2 Å². The number of ether oxygens (including phenoxy) is 2. The second kappa shape index (κ2) is 10.7. The first-order valence-electron chi connectivity index (χ1n) is 8.30. The van der Waals surface area contributed by atoms with Crippen molar-refractivity contribution in [3.8, 4) is 11.5 Å². The average molecular weight is 487 g/mol. The van der Waals surface area contributed by atoms with Crippen LogP contribution in [0.3, 0.4) is 0 Å². The van der Waals surface area contributed by atoms with Gasteiger partial charge in [0.05, 0.1) is 13.7 Å². The Morgan fingerprint density at radius 1 is 1.23 bits per heavy atom. The fourth-order valence-electron chi connectivity index (χ4n) is 2.16. The molecule has 0 atom stereocenters. The molecule has 0 aliphatic heterocycles. The number of halogens is 4. The van der Waals surface area contributed by atoms with Crippen LogP contribution in [0.4, 0.5) is 13.2 Å². The van der Waals surface area contributed by atoms with Crippen molar-refractivity contribution < 1.29 is 22.6 Å². The molecule has 5 nitrogen and oxygen atoms in total. The standard InChI is InChI=1S/C17H24F3N3O2.HI/c1-3-21-16(22-9-12-4-5-12)23-10-13-6-7-14(15(8-13)24-2)25-11-17(18,19)20;/h6-8,12H,3-5,9-11H2,1-2H3,(H2,21,22,23);1H. The number of nitrogens with zero attached hydrogens (tertiary/aromatic N) is 1. The molecule has 0 unspecified atom stereocenters. The maximum Gasteiger partial charge on any atom is 0.422 e. The molecule has 26 heavy (non-hydrogen) atoms. The molecule has 0 saturated heterocycles. The zero-order valence-corrected chi connectivity index (χ0v) is 17.2. The summed E-state index contributed by atoms with van der Waals surface area (Å²) in [6, 6.07) is 4.79. The highest BCUT2D eigenvalue weighted by atomic mass is 127. The van der Waals surface area contributed by atoms with Gasteiger partial charge in [0.1, 0.15) is 0 Å². The van der Waals surface area contributed by atoms with Crippen LogP contribution < -0.4 is 20.1 Å². The second-order valence-electron chi connectivity index (χ2n) is 5.91. The predicted octanol–water partition coefficient (Wildman–Crippen LogP) is 3.72. The van der Waals surface area contributed by atoms with Crippen molar-refractivity contribution in [1.82, 2.24) is 10.6 Å². The van der Waals surface area contributed by atoms with Gasteiger partial charge in [0.2, 0.25) is 0 Å². The minimum Gasteiger partial charge on any atom is -0.493 e. The minimum atomic E-state index is -4.39. The molecule has 1 aromatic rings. The van der Waals surface area contributed by atoms with E-state index < -0.39 is 12.8 Å². The predicted molar refractivity (Wildman–Crippen MR) is 106 cm³/mol. The van der Waals surface area contributed by atoms with Crippen LogP contribution in [0.15, 0.2) is 23.2 Å². The molecule has 0 radical (unpaired) electrons. The molecule has 1 saturated carbocycles. The lowest BCUT2D eigenvalue weighted by atomic mass is 10.2. The SMILES string of the molecule is CCNC(=NCc1ccc(OCC(F)(F)F)c(OC)c1)NCC1CC1.I. The van der Waals surface area contributed by atoms with E-state index in [2.05, 4.69) is 15.6 Å². The van der Waals surface area contributed by atoms with Crippen LogP contribution in [0.25, 0.3) is 0 Å². The zero-order valence-electron chi connectivity index (χ0n) is 14.9. The normalized spacial score (nSPS) is 14.4. The Morgan fingerprint density at radius 3 is 2.54 bits per heavy atom. The summed E-state index contributed by atoms with van der Waals surface area (Å²) < 4.78 is 46.7. The van der Waals surface area contributed by atoms with Crippen molar-refractivity contribution >= 4 is 29.9 Å². The molecule has 1 aliphatic rings. The Morgan fingerprint density at radius 2 is 1.96 bits per heavy atom. The Bertz CT molecular complexity index is 593. The molecule has 2 rings (SSSR count). The summed E-state index contributed by atoms with van der Waals surface area (Å²) in [4.78, 5) is 4.49. The summed E-state index contributed by atoms with van der Waals surface area (Å²) in [5.74, 6) is 1.78. The minimum absolute atomic E-state index is 0. The molecule has 2 N–H and O–H groups in total. The number of hydrogen-bond donors (Lipinski definition) is 2. The van der Waals surface area contributed by atoms with Gasteiger partial charge in [-0.25, -0.2) is 4.99 Å². The number of aliphatic imine (C=N–C) groups is 1. The molecule has 1 fully saturated rings. The topological polar surface area (TPSA) is 54.9 Å². The zero-order chi connectivity index (χ0) is 18.3. The lowest BCUT2D eigenvalue weighted by molar-refractivity contribution is -0.153. The van der Waals surface area contributed by atoms with E-state index in [4.69, 9.17) is 9.47 Å². The summed E-state index contributed by atoms with van der Waals surface area (Å²) >= 11 is 0. The molecule has 9 heteroatoms. The van der Waals surface area contributed by atoms with Crippen molar-refractivity contribution in [2.75, 3.05) is 26.8 Å². The second-order valence-corrected chi connectivity index (χ2v) is 5.91. The maximum absolute atomic E-state index is 12.3. The van der Waals surface area contributed by atoms with Gasteiger partial charge in [-0.3, -0.25) is 0 Å². The summed E-state index contributed by atoms with van der Waals surface area (Å²) in [6.45, 7) is 2.68. The van der Waals surface area contributed by atoms with E-state index in [1.54, 1.807) is 12.1 Å². The lowest BCUT2D eigenvalue weighted by Gasteiger charge is -2.14. The van der Waals surface area contributed by atoms with Crippen molar-refractivity contribution in [2.24, 2.45) is 10.9 Å². The summed E-state index contributed by atoms with van der Waals surface area (Å²) in [5, 5.41) is 6.46. The third-order valence-electron chi connectivity index (χ3n) is 3.64. The van der Waals surface area contributed by atoms with E-state index in [1.165, 1.54) is 26.0 Å². The van der Waals surface area contributed by atoms with E-state index in [0.29, 0.717) is 6.54 Å². The monoisotopic (exact) mass is 487 g/mol. The first-order chi connectivity index (χ1) is 11.9. The Kier molecular flexibility index (Phi) is 9.31. The van der Waals surface area contributed by atoms with Crippen molar-refractivity contribution in [3.05, 3.63) is 23.8 Å². The fraction of sp³-hybridized carbons (Fsp3) is 0.588. The van der Waals surface area contributed by atoms with E-state index in [-0.39, 0.29) is 35.5 Å². The number of guanidine groups is 1. The van der Waals surface area contributed by atoms with Crippen LogP contribution in [0, 0.1) is 5.92 Å². The highest BCUT2D eigenvalue weighted by Crippen LogP contribution is 2.30. The number of methoxy groups -OCH3 is 1. The molecule has 0 heterocycles. The van der Waals surface area contributed by atoms with Crippen LogP contribution in [0.1, 0.15) is 25.3 Å². The molecule has 1 aromatic carbocycles. The number of benzene rings is 1. The highest BCUT2D eigenvalue weighted by Gasteiger charge is 2.29. The number of alkyl halides is 3. The maximum atomic E-state index is 12.3. The van der Waals surface area contributed by atoms with Crippen LogP contribution >= 0.6 is 24.0 Å². The van der Waals surface area contributed by atoms with Gasteiger partial charge in [-0.2, -0.15) is 13.2 Å². The third kappa shape index (κ3) is 8.33. The van der Waals surface area contributed by atoms with E-state index in [1.807, 2.05) is 6.92 Å². The molecule has 1 aliphatic carbocycles. The fourth-order valence-corrected chi connectivity index (χ4v) is 2.16. The Hall–Kier alpha value is -1.39. The van der Waals surface area contributed by atoms with Crippen LogP contribution in [0.5, 0.6) is 11.5 Å². The van der Waals surface area contributed by atoms with Gasteiger partial charge in [0.25, 0.3) is 0 Å². The molecule has 0 bridgehead atoms.